The van der Waals surface area contributed by atoms with Crippen LogP contribution < -0.4 is 0 Å². The topological polar surface area (TPSA) is 51.2 Å². The summed E-state index contributed by atoms with van der Waals surface area (Å²) in [5.41, 5.74) is 8.53. The minimum Gasteiger partial charge on any atom is -0.300 e. The van der Waals surface area contributed by atoms with E-state index in [0.717, 1.165) is 62.0 Å². The lowest BCUT2D eigenvalue weighted by Gasteiger charge is -2.33. The zero-order valence-electron chi connectivity index (χ0n) is 28.3. The summed E-state index contributed by atoms with van der Waals surface area (Å²) in [4.78, 5) is 38.5. The van der Waals surface area contributed by atoms with Gasteiger partial charge in [-0.1, -0.05) is 110 Å². The molecule has 1 saturated carbocycles. The fourth-order valence-electron chi connectivity index (χ4n) is 7.85. The number of Topliss-reactive ketones (excluding diaryl/α,β-unsaturated/α-hetero) is 3. The number of benzene rings is 2. The molecule has 1 fully saturated rings. The van der Waals surface area contributed by atoms with Crippen molar-refractivity contribution in [3.05, 3.63) is 58.1 Å². The summed E-state index contributed by atoms with van der Waals surface area (Å²) < 4.78 is 0. The fraction of sp³-hybridized carbons (Fsp3) is 0.625. The van der Waals surface area contributed by atoms with E-state index in [9.17, 15) is 14.4 Å². The van der Waals surface area contributed by atoms with Gasteiger partial charge in [0.25, 0.3) is 0 Å². The van der Waals surface area contributed by atoms with Gasteiger partial charge in [-0.3, -0.25) is 14.4 Å². The van der Waals surface area contributed by atoms with Crippen LogP contribution in [0.25, 0.3) is 11.1 Å². The van der Waals surface area contributed by atoms with E-state index in [1.807, 2.05) is 0 Å². The summed E-state index contributed by atoms with van der Waals surface area (Å²) in [5, 5.41) is 0. The molecule has 3 heteroatoms. The predicted molar refractivity (Wildman–Crippen MR) is 181 cm³/mol. The second-order valence-electron chi connectivity index (χ2n) is 13.5. The smallest absolute Gasteiger partial charge is 0.163 e. The van der Waals surface area contributed by atoms with Crippen LogP contribution in [0.2, 0.25) is 0 Å². The number of carbonyl (C=O) groups excluding carboxylic acids is 3. The predicted octanol–water partition coefficient (Wildman–Crippen LogP) is 10.5. The van der Waals surface area contributed by atoms with Gasteiger partial charge in [-0.15, -0.1) is 0 Å². The van der Waals surface area contributed by atoms with E-state index in [0.29, 0.717) is 6.42 Å². The highest BCUT2D eigenvalue weighted by molar-refractivity contribution is 6.02. The van der Waals surface area contributed by atoms with Crippen molar-refractivity contribution >= 4 is 17.3 Å². The Morgan fingerprint density at radius 2 is 1.60 bits per heavy atom. The number of aryl methyl sites for hydroxylation is 2. The summed E-state index contributed by atoms with van der Waals surface area (Å²) in [7, 11) is 0. The maximum atomic E-state index is 13.7. The normalized spacial score (nSPS) is 18.0. The Hall–Kier alpha value is -2.55. The Bertz CT molecular complexity index is 1230. The van der Waals surface area contributed by atoms with Crippen LogP contribution in [0.3, 0.4) is 0 Å². The maximum absolute atomic E-state index is 13.7. The van der Waals surface area contributed by atoms with Crippen molar-refractivity contribution in [2.45, 2.75) is 138 Å². The molecule has 2 aromatic rings. The Morgan fingerprint density at radius 1 is 0.907 bits per heavy atom. The molecule has 0 aromatic heterocycles. The van der Waals surface area contributed by atoms with Crippen molar-refractivity contribution in [3.63, 3.8) is 0 Å². The van der Waals surface area contributed by atoms with Crippen molar-refractivity contribution in [2.24, 2.45) is 23.7 Å². The third kappa shape index (κ3) is 9.22. The monoisotopic (exact) mass is 586 g/mol. The lowest BCUT2D eigenvalue weighted by molar-refractivity contribution is -0.129. The molecule has 43 heavy (non-hydrogen) atoms. The molecule has 0 amide bonds. The quantitative estimate of drug-likeness (QED) is 0.219. The second kappa shape index (κ2) is 17.1. The highest BCUT2D eigenvalue weighted by Gasteiger charge is 2.34. The Labute approximate surface area is 262 Å². The van der Waals surface area contributed by atoms with Crippen molar-refractivity contribution in [1.82, 2.24) is 0 Å². The number of hydrogen-bond acceptors (Lipinski definition) is 3. The Balaban J connectivity index is 0.00000162. The van der Waals surface area contributed by atoms with Crippen LogP contribution in [-0.2, 0) is 28.9 Å². The van der Waals surface area contributed by atoms with Crippen LogP contribution >= 0.6 is 0 Å². The van der Waals surface area contributed by atoms with Gasteiger partial charge in [0.05, 0.1) is 6.42 Å². The molecule has 0 spiro atoms. The van der Waals surface area contributed by atoms with Crippen LogP contribution in [0.1, 0.15) is 145 Å². The second-order valence-corrected chi connectivity index (χ2v) is 13.5. The first kappa shape index (κ1) is 34.9. The minimum atomic E-state index is -0.101. The van der Waals surface area contributed by atoms with Gasteiger partial charge in [-0.05, 0) is 97.1 Å². The largest absolute Gasteiger partial charge is 0.300 e. The maximum Gasteiger partial charge on any atom is 0.163 e. The van der Waals surface area contributed by atoms with Gasteiger partial charge < -0.3 is 0 Å². The average molecular weight is 587 g/mol. The van der Waals surface area contributed by atoms with Gasteiger partial charge in [0.15, 0.2) is 5.78 Å². The van der Waals surface area contributed by atoms with Gasteiger partial charge in [0, 0.05) is 17.9 Å². The third-order valence-corrected chi connectivity index (χ3v) is 9.75. The molecule has 2 aromatic carbocycles. The van der Waals surface area contributed by atoms with E-state index < -0.39 is 0 Å². The van der Waals surface area contributed by atoms with Gasteiger partial charge in [-0.25, -0.2) is 0 Å². The molecule has 3 unspecified atom stereocenters. The first-order valence-corrected chi connectivity index (χ1v) is 17.5. The van der Waals surface area contributed by atoms with Gasteiger partial charge >= 0.3 is 0 Å². The SMILES string of the molecule is CCC.CCCC(CC1CC(=O)c2c(C)ccc(-c3cc(CC4CCCC4)ccc3CC)c2C1)C(CC)C(=O)CC(C)=O. The average Bonchev–Trinajstić information content (AvgIpc) is 3.46. The molecule has 0 N–H and O–H groups in total. The van der Waals surface area contributed by atoms with E-state index in [-0.39, 0.29) is 41.5 Å². The fourth-order valence-corrected chi connectivity index (χ4v) is 7.85. The molecule has 3 nitrogen and oxygen atoms in total. The molecule has 0 aliphatic heterocycles. The molecule has 2 aliphatic rings. The van der Waals surface area contributed by atoms with Crippen molar-refractivity contribution in [3.8, 4) is 11.1 Å². The molecule has 236 valence electrons. The van der Waals surface area contributed by atoms with Gasteiger partial charge in [0.2, 0.25) is 0 Å². The van der Waals surface area contributed by atoms with E-state index >= 15 is 0 Å². The van der Waals surface area contributed by atoms with Crippen LogP contribution in [0.15, 0.2) is 30.3 Å². The number of hydrogen-bond donors (Lipinski definition) is 0. The van der Waals surface area contributed by atoms with Crippen LogP contribution in [0.5, 0.6) is 0 Å². The molecule has 3 atom stereocenters. The lowest BCUT2D eigenvalue weighted by atomic mass is 9.71. The first-order valence-electron chi connectivity index (χ1n) is 17.5. The molecule has 4 rings (SSSR count). The van der Waals surface area contributed by atoms with Crippen molar-refractivity contribution in [1.29, 1.82) is 0 Å². The zero-order chi connectivity index (χ0) is 31.5. The summed E-state index contributed by atoms with van der Waals surface area (Å²) in [5.74, 6) is 1.42. The van der Waals surface area contributed by atoms with Crippen molar-refractivity contribution in [2.75, 3.05) is 0 Å². The summed E-state index contributed by atoms with van der Waals surface area (Å²) >= 11 is 0. The first-order chi connectivity index (χ1) is 20.7. The Kier molecular flexibility index (Phi) is 13.9. The van der Waals surface area contributed by atoms with E-state index in [1.54, 1.807) is 0 Å². The highest BCUT2D eigenvalue weighted by atomic mass is 16.1. The number of rotatable bonds is 13. The molecule has 0 saturated heterocycles. The van der Waals surface area contributed by atoms with Crippen LogP contribution in [0, 0.1) is 30.6 Å². The molecule has 0 heterocycles. The van der Waals surface area contributed by atoms with Crippen LogP contribution in [-0.4, -0.2) is 17.3 Å². The van der Waals surface area contributed by atoms with E-state index in [1.165, 1.54) is 66.8 Å². The Morgan fingerprint density at radius 3 is 2.21 bits per heavy atom. The van der Waals surface area contributed by atoms with E-state index in [2.05, 4.69) is 71.9 Å². The highest BCUT2D eigenvalue weighted by Crippen LogP contribution is 2.41. The number of carbonyl (C=O) groups is 3. The standard InChI is InChI=1S/C37H50O3.C3H8/c1-6-11-30(31(8-3)35(39)18-25(5)38)20-28-22-34-32(17-14-24(4)37(34)36(40)23-28)33-21-27(15-16-29(33)7-2)19-26-12-9-10-13-26;1-3-2/h14-17,21,26,28,30-31H,6-13,18-20,22-23H2,1-5H3;3H2,1-2H3. The molecule has 0 bridgehead atoms. The molecule has 0 radical (unpaired) electrons. The molecular weight excluding hydrogens is 528 g/mol. The van der Waals surface area contributed by atoms with Crippen LogP contribution in [0.4, 0.5) is 0 Å². The third-order valence-electron chi connectivity index (χ3n) is 9.75. The number of ketones is 3. The summed E-state index contributed by atoms with van der Waals surface area (Å²) in [6.45, 7) is 14.3. The summed E-state index contributed by atoms with van der Waals surface area (Å²) in [6.07, 6.45) is 13.8. The summed E-state index contributed by atoms with van der Waals surface area (Å²) in [6, 6.07) is 11.5. The molecule has 2 aliphatic carbocycles. The number of fused-ring (bicyclic) bond motifs is 1. The minimum absolute atomic E-state index is 0.0332. The lowest BCUT2D eigenvalue weighted by Crippen LogP contribution is -2.30. The zero-order valence-corrected chi connectivity index (χ0v) is 28.3. The van der Waals surface area contributed by atoms with Gasteiger partial charge in [-0.2, -0.15) is 0 Å². The van der Waals surface area contributed by atoms with Crippen molar-refractivity contribution < 1.29 is 14.4 Å². The van der Waals surface area contributed by atoms with E-state index in [4.69, 9.17) is 0 Å². The van der Waals surface area contributed by atoms with Gasteiger partial charge in [0.1, 0.15) is 11.6 Å². The molecular formula is C40H58O3.